The molecule has 18 heavy (non-hydrogen) atoms. The van der Waals surface area contributed by atoms with E-state index in [0.717, 1.165) is 6.42 Å². The van der Waals surface area contributed by atoms with E-state index in [1.807, 2.05) is 0 Å². The molecule has 0 aliphatic heterocycles. The second kappa shape index (κ2) is 6.32. The molecule has 3 N–H and O–H groups in total. The van der Waals surface area contributed by atoms with E-state index in [9.17, 15) is 0 Å². The van der Waals surface area contributed by atoms with Gasteiger partial charge in [0.1, 0.15) is 0 Å². The molecule has 0 saturated carbocycles. The standard InChI is InChI=1S/C15H26N2O/c1-6-13(18-5)14(17-16)11-7-9-12(10-8-11)15(2,3)4/h7-10,13-14,17H,6,16H2,1-5H3. The van der Waals surface area contributed by atoms with E-state index in [4.69, 9.17) is 10.6 Å². The summed E-state index contributed by atoms with van der Waals surface area (Å²) in [6.45, 7) is 8.74. The van der Waals surface area contributed by atoms with Crippen LogP contribution in [0.25, 0.3) is 0 Å². The van der Waals surface area contributed by atoms with Gasteiger partial charge >= 0.3 is 0 Å². The minimum absolute atomic E-state index is 0.0361. The van der Waals surface area contributed by atoms with Crippen molar-refractivity contribution in [3.05, 3.63) is 35.4 Å². The maximum atomic E-state index is 5.65. The molecule has 0 spiro atoms. The maximum absolute atomic E-state index is 5.65. The SMILES string of the molecule is CCC(OC)C(NN)c1ccc(C(C)(C)C)cc1. The number of hydrogen-bond donors (Lipinski definition) is 2. The molecule has 0 aliphatic rings. The lowest BCUT2D eigenvalue weighted by Crippen LogP contribution is -2.37. The molecule has 2 unspecified atom stereocenters. The molecule has 1 aromatic rings. The van der Waals surface area contributed by atoms with Crippen molar-refractivity contribution >= 4 is 0 Å². The van der Waals surface area contributed by atoms with Crippen molar-refractivity contribution in [2.24, 2.45) is 5.84 Å². The van der Waals surface area contributed by atoms with Crippen molar-refractivity contribution in [1.29, 1.82) is 0 Å². The Morgan fingerprint density at radius 1 is 1.22 bits per heavy atom. The van der Waals surface area contributed by atoms with Gasteiger partial charge in [0, 0.05) is 7.11 Å². The quantitative estimate of drug-likeness (QED) is 0.624. The summed E-state index contributed by atoms with van der Waals surface area (Å²) in [6.07, 6.45) is 1.02. The zero-order valence-corrected chi connectivity index (χ0v) is 12.2. The average molecular weight is 250 g/mol. The lowest BCUT2D eigenvalue weighted by atomic mass is 9.86. The molecule has 0 aliphatic carbocycles. The molecule has 3 nitrogen and oxygen atoms in total. The Labute approximate surface area is 111 Å². The molecule has 0 fully saturated rings. The van der Waals surface area contributed by atoms with Gasteiger partial charge < -0.3 is 4.74 Å². The number of nitrogens with one attached hydrogen (secondary N) is 1. The molecule has 0 saturated heterocycles. The largest absolute Gasteiger partial charge is 0.379 e. The van der Waals surface area contributed by atoms with Gasteiger partial charge in [0.25, 0.3) is 0 Å². The molecule has 0 amide bonds. The predicted molar refractivity (Wildman–Crippen MR) is 76.3 cm³/mol. The van der Waals surface area contributed by atoms with Crippen molar-refractivity contribution in [3.8, 4) is 0 Å². The first-order valence-electron chi connectivity index (χ1n) is 6.53. The summed E-state index contributed by atoms with van der Waals surface area (Å²) in [6, 6.07) is 8.64. The molecule has 102 valence electrons. The molecule has 0 radical (unpaired) electrons. The second-order valence-electron chi connectivity index (χ2n) is 5.70. The summed E-state index contributed by atoms with van der Waals surface area (Å²) in [4.78, 5) is 0. The van der Waals surface area contributed by atoms with Gasteiger partial charge in [-0.15, -0.1) is 0 Å². The monoisotopic (exact) mass is 250 g/mol. The van der Waals surface area contributed by atoms with Crippen molar-refractivity contribution in [2.75, 3.05) is 7.11 Å². The van der Waals surface area contributed by atoms with Crippen LogP contribution in [-0.2, 0) is 10.2 Å². The van der Waals surface area contributed by atoms with Gasteiger partial charge in [-0.3, -0.25) is 11.3 Å². The minimum Gasteiger partial charge on any atom is -0.379 e. The summed E-state index contributed by atoms with van der Waals surface area (Å²) in [7, 11) is 1.72. The molecule has 0 aromatic heterocycles. The first-order chi connectivity index (χ1) is 8.43. The third-order valence-corrected chi connectivity index (χ3v) is 3.39. The van der Waals surface area contributed by atoms with Crippen LogP contribution < -0.4 is 11.3 Å². The van der Waals surface area contributed by atoms with E-state index >= 15 is 0 Å². The third kappa shape index (κ3) is 3.55. The fraction of sp³-hybridized carbons (Fsp3) is 0.600. The second-order valence-corrected chi connectivity index (χ2v) is 5.70. The number of hydrazine groups is 1. The van der Waals surface area contributed by atoms with Gasteiger partial charge in [0.2, 0.25) is 0 Å². The number of benzene rings is 1. The molecular formula is C15H26N2O. The molecular weight excluding hydrogens is 224 g/mol. The summed E-state index contributed by atoms with van der Waals surface area (Å²) >= 11 is 0. The van der Waals surface area contributed by atoms with E-state index < -0.39 is 0 Å². The third-order valence-electron chi connectivity index (χ3n) is 3.39. The Balaban J connectivity index is 2.95. The number of ether oxygens (including phenoxy) is 1. The maximum Gasteiger partial charge on any atom is 0.0776 e. The van der Waals surface area contributed by atoms with Crippen molar-refractivity contribution in [3.63, 3.8) is 0 Å². The lowest BCUT2D eigenvalue weighted by Gasteiger charge is -2.26. The average Bonchev–Trinajstić information content (AvgIpc) is 2.35. The van der Waals surface area contributed by atoms with Crippen LogP contribution in [0, 0.1) is 0 Å². The van der Waals surface area contributed by atoms with Gasteiger partial charge in [-0.25, -0.2) is 0 Å². The first kappa shape index (κ1) is 15.2. The van der Waals surface area contributed by atoms with Crippen molar-refractivity contribution in [1.82, 2.24) is 5.43 Å². The van der Waals surface area contributed by atoms with Crippen LogP contribution in [-0.4, -0.2) is 13.2 Å². The first-order valence-corrected chi connectivity index (χ1v) is 6.53. The molecule has 3 heteroatoms. The molecule has 0 bridgehead atoms. The van der Waals surface area contributed by atoms with Crippen LogP contribution >= 0.6 is 0 Å². The number of rotatable bonds is 5. The number of nitrogens with two attached hydrogens (primary N) is 1. The van der Waals surface area contributed by atoms with E-state index in [2.05, 4.69) is 57.4 Å². The fourth-order valence-corrected chi connectivity index (χ4v) is 2.15. The van der Waals surface area contributed by atoms with Gasteiger partial charge in [-0.2, -0.15) is 0 Å². The Morgan fingerprint density at radius 2 is 1.78 bits per heavy atom. The van der Waals surface area contributed by atoms with Gasteiger partial charge in [-0.1, -0.05) is 52.0 Å². The fourth-order valence-electron chi connectivity index (χ4n) is 2.15. The summed E-state index contributed by atoms with van der Waals surface area (Å²) in [5, 5.41) is 0. The smallest absolute Gasteiger partial charge is 0.0776 e. The highest BCUT2D eigenvalue weighted by atomic mass is 16.5. The minimum atomic E-state index is 0.0361. The highest BCUT2D eigenvalue weighted by molar-refractivity contribution is 5.29. The molecule has 2 atom stereocenters. The van der Waals surface area contributed by atoms with Crippen LogP contribution in [0.3, 0.4) is 0 Å². The number of methoxy groups -OCH3 is 1. The Bertz CT molecular complexity index is 350. The van der Waals surface area contributed by atoms with Crippen molar-refractivity contribution < 1.29 is 4.74 Å². The lowest BCUT2D eigenvalue weighted by molar-refractivity contribution is 0.0651. The van der Waals surface area contributed by atoms with Crippen LogP contribution in [0.15, 0.2) is 24.3 Å². The summed E-state index contributed by atoms with van der Waals surface area (Å²) in [5.74, 6) is 5.65. The van der Waals surface area contributed by atoms with Gasteiger partial charge in [0.15, 0.2) is 0 Å². The van der Waals surface area contributed by atoms with Gasteiger partial charge in [-0.05, 0) is 23.0 Å². The van der Waals surface area contributed by atoms with Crippen LogP contribution in [0.4, 0.5) is 0 Å². The van der Waals surface area contributed by atoms with Crippen molar-refractivity contribution in [2.45, 2.75) is 51.7 Å². The Kier molecular flexibility index (Phi) is 5.32. The van der Waals surface area contributed by atoms with Crippen LogP contribution in [0.5, 0.6) is 0 Å². The van der Waals surface area contributed by atoms with Gasteiger partial charge in [0.05, 0.1) is 12.1 Å². The highest BCUT2D eigenvalue weighted by Gasteiger charge is 2.21. The molecule has 0 heterocycles. The van der Waals surface area contributed by atoms with E-state index in [1.54, 1.807) is 7.11 Å². The molecule has 1 aromatic carbocycles. The Hall–Kier alpha value is -0.900. The summed E-state index contributed by atoms with van der Waals surface area (Å²) < 4.78 is 5.46. The van der Waals surface area contributed by atoms with E-state index in [0.29, 0.717) is 0 Å². The predicted octanol–water partition coefficient (Wildman–Crippen LogP) is 2.91. The number of hydrogen-bond acceptors (Lipinski definition) is 3. The van der Waals surface area contributed by atoms with Crippen LogP contribution in [0.1, 0.15) is 51.3 Å². The van der Waals surface area contributed by atoms with Crippen LogP contribution in [0.2, 0.25) is 0 Å². The summed E-state index contributed by atoms with van der Waals surface area (Å²) in [5.41, 5.74) is 5.52. The van der Waals surface area contributed by atoms with E-state index in [-0.39, 0.29) is 17.6 Å². The zero-order chi connectivity index (χ0) is 13.8. The topological polar surface area (TPSA) is 47.3 Å². The molecule has 1 rings (SSSR count). The Morgan fingerprint density at radius 3 is 2.11 bits per heavy atom. The highest BCUT2D eigenvalue weighted by Crippen LogP contribution is 2.26. The van der Waals surface area contributed by atoms with E-state index in [1.165, 1.54) is 11.1 Å². The zero-order valence-electron chi connectivity index (χ0n) is 12.2. The normalized spacial score (nSPS) is 15.4.